The Kier molecular flexibility index (Phi) is 6.85. The molecule has 0 unspecified atom stereocenters. The molecule has 0 fully saturated rings. The molecule has 0 amide bonds. The van der Waals surface area contributed by atoms with E-state index in [4.69, 9.17) is 26.9 Å². The molecule has 2 aromatic carbocycles. The van der Waals surface area contributed by atoms with Crippen LogP contribution in [0.4, 0.5) is 0 Å². The van der Waals surface area contributed by atoms with Crippen LogP contribution in [0.3, 0.4) is 0 Å². The van der Waals surface area contributed by atoms with Crippen molar-refractivity contribution >= 4 is 17.5 Å². The molecular weight excluding hydrogens is 310 g/mol. The summed E-state index contributed by atoms with van der Waals surface area (Å²) in [4.78, 5) is 0. The van der Waals surface area contributed by atoms with Crippen molar-refractivity contribution in [1.82, 2.24) is 0 Å². The van der Waals surface area contributed by atoms with Gasteiger partial charge in [0.1, 0.15) is 5.76 Å². The third-order valence-corrected chi connectivity index (χ3v) is 3.60. The molecule has 0 spiro atoms. The fourth-order valence-electron chi connectivity index (χ4n) is 2.12. The lowest BCUT2D eigenvalue weighted by molar-refractivity contribution is 0.299. The number of benzene rings is 2. The molecule has 2 N–H and O–H groups in total. The van der Waals surface area contributed by atoms with Crippen LogP contribution in [0.2, 0.25) is 5.02 Å². The van der Waals surface area contributed by atoms with Gasteiger partial charge in [0.15, 0.2) is 0 Å². The minimum Gasteiger partial charge on any atom is -0.444 e. The summed E-state index contributed by atoms with van der Waals surface area (Å²) in [5, 5.41) is 17.7. The van der Waals surface area contributed by atoms with Gasteiger partial charge in [0, 0.05) is 23.6 Å². The highest BCUT2D eigenvalue weighted by molar-refractivity contribution is 6.30. The van der Waals surface area contributed by atoms with E-state index in [-0.39, 0.29) is 12.5 Å². The Morgan fingerprint density at radius 1 is 1.09 bits per heavy atom. The second kappa shape index (κ2) is 9.13. The summed E-state index contributed by atoms with van der Waals surface area (Å²) in [7, 11) is 0. The second-order valence-corrected chi connectivity index (χ2v) is 5.54. The Morgan fingerprint density at radius 2 is 1.78 bits per heavy atom. The van der Waals surface area contributed by atoms with Crippen LogP contribution < -0.4 is 0 Å². The highest BCUT2D eigenvalue weighted by atomic mass is 35.5. The van der Waals surface area contributed by atoms with Crippen LogP contribution in [0.25, 0.3) is 0 Å². The van der Waals surface area contributed by atoms with E-state index < -0.39 is 0 Å². The van der Waals surface area contributed by atoms with Crippen molar-refractivity contribution in [3.63, 3.8) is 0 Å². The molecule has 0 saturated heterocycles. The van der Waals surface area contributed by atoms with Crippen molar-refractivity contribution in [2.24, 2.45) is 0 Å². The quantitative estimate of drug-likeness (QED) is 0.444. The van der Waals surface area contributed by atoms with E-state index in [9.17, 15) is 0 Å². The van der Waals surface area contributed by atoms with E-state index in [0.717, 1.165) is 6.42 Å². The van der Waals surface area contributed by atoms with Gasteiger partial charge in [-0.05, 0) is 48.7 Å². The lowest BCUT2D eigenvalue weighted by Crippen LogP contribution is -2.06. The van der Waals surface area contributed by atoms with Crippen LogP contribution in [-0.2, 0) is 11.2 Å². The standard InChI is InChI=1S/C19H20ClNO2/c20-17-11-9-16(10-12-17)19(21)23-18(7-4-14-22)13-8-15-5-2-1-3-6-15/h1-3,5-7,9-12,21-22H,4,8,13-14H2/b18-7+,21-19?. The molecule has 0 radical (unpaired) electrons. The molecule has 4 heteroatoms. The SMILES string of the molecule is N=C(O/C(=C/CCO)CCc1ccccc1)c1ccc(Cl)cc1. The Balaban J connectivity index is 2.00. The zero-order valence-electron chi connectivity index (χ0n) is 12.8. The zero-order valence-corrected chi connectivity index (χ0v) is 13.6. The predicted octanol–water partition coefficient (Wildman–Crippen LogP) is 4.58. The first-order chi connectivity index (χ1) is 11.2. The lowest BCUT2D eigenvalue weighted by atomic mass is 10.1. The van der Waals surface area contributed by atoms with Crippen LogP contribution >= 0.6 is 11.6 Å². The summed E-state index contributed by atoms with van der Waals surface area (Å²) in [5.41, 5.74) is 1.88. The summed E-state index contributed by atoms with van der Waals surface area (Å²) in [6.07, 6.45) is 3.86. The maximum Gasteiger partial charge on any atom is 0.218 e. The molecule has 0 aliphatic rings. The number of rotatable bonds is 7. The number of aliphatic hydroxyl groups is 1. The zero-order chi connectivity index (χ0) is 16.5. The van der Waals surface area contributed by atoms with Crippen molar-refractivity contribution in [3.8, 4) is 0 Å². The highest BCUT2D eigenvalue weighted by Crippen LogP contribution is 2.16. The normalized spacial score (nSPS) is 11.3. The third kappa shape index (κ3) is 5.89. The Labute approximate surface area is 141 Å². The van der Waals surface area contributed by atoms with Gasteiger partial charge in [-0.2, -0.15) is 0 Å². The van der Waals surface area contributed by atoms with Crippen molar-refractivity contribution in [2.75, 3.05) is 6.61 Å². The van der Waals surface area contributed by atoms with Crippen LogP contribution in [0.15, 0.2) is 66.4 Å². The number of hydrogen-bond acceptors (Lipinski definition) is 3. The first kappa shape index (κ1) is 17.3. The van der Waals surface area contributed by atoms with Crippen molar-refractivity contribution in [3.05, 3.63) is 82.6 Å². The van der Waals surface area contributed by atoms with Crippen molar-refractivity contribution < 1.29 is 9.84 Å². The molecular formula is C19H20ClNO2. The summed E-state index contributed by atoms with van der Waals surface area (Å²) >= 11 is 5.86. The molecule has 120 valence electrons. The summed E-state index contributed by atoms with van der Waals surface area (Å²) in [6.45, 7) is 0.0620. The fourth-order valence-corrected chi connectivity index (χ4v) is 2.25. The largest absolute Gasteiger partial charge is 0.444 e. The highest BCUT2D eigenvalue weighted by Gasteiger charge is 2.07. The molecule has 0 aliphatic carbocycles. The number of nitrogens with one attached hydrogen (secondary N) is 1. The predicted molar refractivity (Wildman–Crippen MR) is 93.9 cm³/mol. The molecule has 0 aliphatic heterocycles. The average molecular weight is 330 g/mol. The minimum atomic E-state index is 0.0620. The molecule has 2 aromatic rings. The van der Waals surface area contributed by atoms with E-state index in [0.29, 0.717) is 29.2 Å². The number of hydrogen-bond donors (Lipinski definition) is 2. The van der Waals surface area contributed by atoms with Gasteiger partial charge >= 0.3 is 0 Å². The van der Waals surface area contributed by atoms with Gasteiger partial charge < -0.3 is 9.84 Å². The Hall–Kier alpha value is -2.10. The maximum atomic E-state index is 9.01. The molecule has 0 atom stereocenters. The van der Waals surface area contributed by atoms with Crippen LogP contribution in [-0.4, -0.2) is 17.6 Å². The van der Waals surface area contributed by atoms with E-state index in [1.807, 2.05) is 24.3 Å². The monoisotopic (exact) mass is 329 g/mol. The van der Waals surface area contributed by atoms with Gasteiger partial charge in [-0.1, -0.05) is 41.9 Å². The summed E-state index contributed by atoms with van der Waals surface area (Å²) < 4.78 is 5.69. The van der Waals surface area contributed by atoms with Crippen molar-refractivity contribution in [1.29, 1.82) is 5.41 Å². The number of ether oxygens (including phenoxy) is 1. The molecule has 3 nitrogen and oxygen atoms in total. The minimum absolute atomic E-state index is 0.0620. The van der Waals surface area contributed by atoms with Gasteiger partial charge in [-0.25, -0.2) is 0 Å². The summed E-state index contributed by atoms with van der Waals surface area (Å²) in [5.74, 6) is 0.779. The van der Waals surface area contributed by atoms with E-state index in [1.165, 1.54) is 5.56 Å². The first-order valence-corrected chi connectivity index (χ1v) is 7.93. The first-order valence-electron chi connectivity index (χ1n) is 7.55. The summed E-state index contributed by atoms with van der Waals surface area (Å²) in [6, 6.07) is 17.1. The topological polar surface area (TPSA) is 53.3 Å². The van der Waals surface area contributed by atoms with Gasteiger partial charge in [0.2, 0.25) is 5.90 Å². The average Bonchev–Trinajstić information content (AvgIpc) is 2.58. The molecule has 2 rings (SSSR count). The third-order valence-electron chi connectivity index (χ3n) is 3.34. The maximum absolute atomic E-state index is 9.01. The van der Waals surface area contributed by atoms with Crippen LogP contribution in [0, 0.1) is 5.41 Å². The molecule has 0 bridgehead atoms. The Bertz CT molecular complexity index is 651. The van der Waals surface area contributed by atoms with Gasteiger partial charge in [-0.15, -0.1) is 0 Å². The molecule has 0 heterocycles. The molecule has 0 saturated carbocycles. The smallest absolute Gasteiger partial charge is 0.218 e. The second-order valence-electron chi connectivity index (χ2n) is 5.11. The molecule has 0 aromatic heterocycles. The Morgan fingerprint density at radius 3 is 2.43 bits per heavy atom. The fraction of sp³-hybridized carbons (Fsp3) is 0.211. The number of aryl methyl sites for hydroxylation is 1. The number of aliphatic hydroxyl groups excluding tert-OH is 1. The van der Waals surface area contributed by atoms with Crippen LogP contribution in [0.1, 0.15) is 24.0 Å². The van der Waals surface area contributed by atoms with Crippen LogP contribution in [0.5, 0.6) is 0 Å². The van der Waals surface area contributed by atoms with Gasteiger partial charge in [0.25, 0.3) is 0 Å². The van der Waals surface area contributed by atoms with Gasteiger partial charge in [-0.3, -0.25) is 5.41 Å². The van der Waals surface area contributed by atoms with Gasteiger partial charge in [0.05, 0.1) is 0 Å². The van der Waals surface area contributed by atoms with E-state index in [2.05, 4.69) is 12.1 Å². The lowest BCUT2D eigenvalue weighted by Gasteiger charge is -2.11. The van der Waals surface area contributed by atoms with E-state index >= 15 is 0 Å². The number of allylic oxidation sites excluding steroid dienone is 1. The molecule has 23 heavy (non-hydrogen) atoms. The number of halogens is 1. The van der Waals surface area contributed by atoms with E-state index in [1.54, 1.807) is 24.3 Å². The van der Waals surface area contributed by atoms with Crippen molar-refractivity contribution in [2.45, 2.75) is 19.3 Å².